The molecular formula is C24H39N3O6S. The van der Waals surface area contributed by atoms with Crippen LogP contribution >= 0.6 is 0 Å². The summed E-state index contributed by atoms with van der Waals surface area (Å²) in [6.07, 6.45) is 4.23. The lowest BCUT2D eigenvalue weighted by molar-refractivity contribution is -0.126. The van der Waals surface area contributed by atoms with Gasteiger partial charge in [-0.15, -0.1) is 0 Å². The number of hydrogen-bond acceptors (Lipinski definition) is 7. The van der Waals surface area contributed by atoms with E-state index in [4.69, 9.17) is 9.15 Å². The lowest BCUT2D eigenvalue weighted by Crippen LogP contribution is -2.43. The summed E-state index contributed by atoms with van der Waals surface area (Å²) in [6.45, 7) is 11.0. The number of nitrogens with one attached hydrogen (secondary N) is 1. The van der Waals surface area contributed by atoms with Crippen LogP contribution < -0.4 is 5.32 Å². The van der Waals surface area contributed by atoms with E-state index in [-0.39, 0.29) is 42.4 Å². The maximum Gasteiger partial charge on any atom is 0.374 e. The molecule has 2 aliphatic rings. The molecule has 1 aromatic heterocycles. The van der Waals surface area contributed by atoms with E-state index in [1.54, 1.807) is 6.92 Å². The van der Waals surface area contributed by atoms with Gasteiger partial charge in [0.05, 0.1) is 6.61 Å². The molecule has 3 rings (SSSR count). The Kier molecular flexibility index (Phi) is 9.56. The largest absolute Gasteiger partial charge is 0.460 e. The zero-order valence-electron chi connectivity index (χ0n) is 20.6. The smallest absolute Gasteiger partial charge is 0.374 e. The lowest BCUT2D eigenvalue weighted by atomic mass is 9.92. The number of hydrogen-bond donors (Lipinski definition) is 1. The standard InChI is InChI=1S/C24H39N3O6S/c1-4-32-24(29)21-7-8-22(33-21)34(30,31)27-13-9-20(10-14-27)23(28)25-11-5-6-12-26-16-18(2)15-19(3)17-26/h7-8,18-20H,4-6,9-17H2,1-3H3,(H,25,28). The highest BCUT2D eigenvalue weighted by Gasteiger charge is 2.34. The summed E-state index contributed by atoms with van der Waals surface area (Å²) < 4.78 is 37.1. The zero-order chi connectivity index (χ0) is 24.7. The number of carbonyl (C=O) groups is 2. The molecule has 2 saturated heterocycles. The Balaban J connectivity index is 1.37. The van der Waals surface area contributed by atoms with Crippen LogP contribution in [0.2, 0.25) is 0 Å². The molecule has 0 bridgehead atoms. The predicted molar refractivity (Wildman–Crippen MR) is 128 cm³/mol. The average Bonchev–Trinajstić information content (AvgIpc) is 3.30. The number of piperidine rings is 2. The number of unbranched alkanes of at least 4 members (excludes halogenated alkanes) is 1. The Morgan fingerprint density at radius 2 is 1.79 bits per heavy atom. The topological polar surface area (TPSA) is 109 Å². The van der Waals surface area contributed by atoms with Crippen molar-refractivity contribution in [2.75, 3.05) is 45.9 Å². The van der Waals surface area contributed by atoms with Crippen LogP contribution in [-0.4, -0.2) is 75.4 Å². The van der Waals surface area contributed by atoms with Crippen molar-refractivity contribution >= 4 is 21.9 Å². The predicted octanol–water partition coefficient (Wildman–Crippen LogP) is 2.73. The molecule has 2 atom stereocenters. The molecular weight excluding hydrogens is 458 g/mol. The van der Waals surface area contributed by atoms with Gasteiger partial charge < -0.3 is 19.4 Å². The molecule has 0 saturated carbocycles. The average molecular weight is 498 g/mol. The second-order valence-corrected chi connectivity index (χ2v) is 11.6. The van der Waals surface area contributed by atoms with Crippen LogP contribution in [0.15, 0.2) is 21.6 Å². The SMILES string of the molecule is CCOC(=O)c1ccc(S(=O)(=O)N2CCC(C(=O)NCCCCN3CC(C)CC(C)C3)CC2)o1. The van der Waals surface area contributed by atoms with E-state index in [9.17, 15) is 18.0 Å². The van der Waals surface area contributed by atoms with Crippen molar-refractivity contribution in [3.8, 4) is 0 Å². The number of likely N-dealkylation sites (tertiary alicyclic amines) is 1. The molecule has 2 unspecified atom stereocenters. The number of ether oxygens (including phenoxy) is 1. The fraction of sp³-hybridized carbons (Fsp3) is 0.750. The van der Waals surface area contributed by atoms with Gasteiger partial charge in [0.2, 0.25) is 16.8 Å². The second kappa shape index (κ2) is 12.2. The van der Waals surface area contributed by atoms with Gasteiger partial charge in [-0.25, -0.2) is 13.2 Å². The van der Waals surface area contributed by atoms with Gasteiger partial charge in [0.1, 0.15) is 0 Å². The molecule has 2 fully saturated rings. The molecule has 9 nitrogen and oxygen atoms in total. The Labute approximate surface area is 203 Å². The van der Waals surface area contributed by atoms with Crippen molar-refractivity contribution in [1.29, 1.82) is 0 Å². The molecule has 34 heavy (non-hydrogen) atoms. The van der Waals surface area contributed by atoms with Gasteiger partial charge in [-0.3, -0.25) is 4.79 Å². The number of amides is 1. The summed E-state index contributed by atoms with van der Waals surface area (Å²) in [5.41, 5.74) is 0. The first-order chi connectivity index (χ1) is 16.2. The van der Waals surface area contributed by atoms with Crippen molar-refractivity contribution < 1.29 is 27.2 Å². The fourth-order valence-corrected chi connectivity index (χ4v) is 6.43. The Bertz CT molecular complexity index is 913. The van der Waals surface area contributed by atoms with Gasteiger partial charge in [-0.1, -0.05) is 13.8 Å². The van der Waals surface area contributed by atoms with Crippen molar-refractivity contribution in [2.24, 2.45) is 17.8 Å². The first kappa shape index (κ1) is 26.7. The van der Waals surface area contributed by atoms with Crippen molar-refractivity contribution in [2.45, 2.75) is 58.0 Å². The fourth-order valence-electron chi connectivity index (χ4n) is 5.05. The molecule has 0 spiro atoms. The van der Waals surface area contributed by atoms with Crippen LogP contribution in [0.1, 0.15) is 63.4 Å². The number of rotatable bonds is 10. The summed E-state index contributed by atoms with van der Waals surface area (Å²) in [6, 6.07) is 2.57. The van der Waals surface area contributed by atoms with Gasteiger partial charge in [0.15, 0.2) is 0 Å². The van der Waals surface area contributed by atoms with Gasteiger partial charge in [0, 0.05) is 38.6 Å². The number of nitrogens with zero attached hydrogens (tertiary/aromatic N) is 2. The van der Waals surface area contributed by atoms with Crippen LogP contribution in [0.25, 0.3) is 0 Å². The summed E-state index contributed by atoms with van der Waals surface area (Å²) in [5.74, 6) is 0.483. The normalized spacial score (nSPS) is 23.0. The molecule has 1 aromatic rings. The minimum absolute atomic E-state index is 0.000129. The second-order valence-electron chi connectivity index (χ2n) is 9.72. The van der Waals surface area contributed by atoms with Crippen LogP contribution in [0.4, 0.5) is 0 Å². The molecule has 0 aliphatic carbocycles. The number of carbonyl (C=O) groups excluding carboxylic acids is 2. The molecule has 10 heteroatoms. The van der Waals surface area contributed by atoms with Crippen LogP contribution in [0, 0.1) is 17.8 Å². The van der Waals surface area contributed by atoms with Crippen LogP contribution in [-0.2, 0) is 19.6 Å². The monoisotopic (exact) mass is 497 g/mol. The lowest BCUT2D eigenvalue weighted by Gasteiger charge is -2.35. The van der Waals surface area contributed by atoms with E-state index < -0.39 is 16.0 Å². The Hall–Kier alpha value is -1.91. The molecule has 1 amide bonds. The first-order valence-electron chi connectivity index (χ1n) is 12.5. The number of esters is 1. The van der Waals surface area contributed by atoms with E-state index in [2.05, 4.69) is 24.1 Å². The Morgan fingerprint density at radius 3 is 2.44 bits per heavy atom. The molecule has 192 valence electrons. The molecule has 3 heterocycles. The molecule has 2 aliphatic heterocycles. The van der Waals surface area contributed by atoms with E-state index in [1.807, 2.05) is 0 Å². The highest BCUT2D eigenvalue weighted by atomic mass is 32.2. The maximum atomic E-state index is 12.8. The van der Waals surface area contributed by atoms with E-state index in [0.717, 1.165) is 31.2 Å². The third kappa shape index (κ3) is 7.05. The van der Waals surface area contributed by atoms with E-state index in [0.29, 0.717) is 19.4 Å². The third-order valence-corrected chi connectivity index (χ3v) is 8.39. The summed E-state index contributed by atoms with van der Waals surface area (Å²) in [7, 11) is -3.86. The van der Waals surface area contributed by atoms with Crippen LogP contribution in [0.3, 0.4) is 0 Å². The summed E-state index contributed by atoms with van der Waals surface area (Å²) in [5, 5.41) is 2.74. The summed E-state index contributed by atoms with van der Waals surface area (Å²) >= 11 is 0. The Morgan fingerprint density at radius 1 is 1.12 bits per heavy atom. The minimum Gasteiger partial charge on any atom is -0.460 e. The van der Waals surface area contributed by atoms with E-state index in [1.165, 1.54) is 35.9 Å². The zero-order valence-corrected chi connectivity index (χ0v) is 21.4. The maximum absolute atomic E-state index is 12.8. The van der Waals surface area contributed by atoms with Gasteiger partial charge in [-0.05, 0) is 69.5 Å². The molecule has 0 radical (unpaired) electrons. The third-order valence-electron chi connectivity index (χ3n) is 6.62. The minimum atomic E-state index is -3.86. The van der Waals surface area contributed by atoms with Crippen molar-refractivity contribution in [3.63, 3.8) is 0 Å². The number of sulfonamides is 1. The quantitative estimate of drug-likeness (QED) is 0.391. The van der Waals surface area contributed by atoms with Gasteiger partial charge in [-0.2, -0.15) is 4.31 Å². The first-order valence-corrected chi connectivity index (χ1v) is 13.9. The molecule has 1 N–H and O–H groups in total. The van der Waals surface area contributed by atoms with Crippen molar-refractivity contribution in [3.05, 3.63) is 17.9 Å². The highest BCUT2D eigenvalue weighted by molar-refractivity contribution is 7.89. The van der Waals surface area contributed by atoms with Gasteiger partial charge >= 0.3 is 5.97 Å². The van der Waals surface area contributed by atoms with Crippen molar-refractivity contribution in [1.82, 2.24) is 14.5 Å². The summed E-state index contributed by atoms with van der Waals surface area (Å²) in [4.78, 5) is 26.8. The van der Waals surface area contributed by atoms with Gasteiger partial charge in [0.25, 0.3) is 10.0 Å². The molecule has 0 aromatic carbocycles. The van der Waals surface area contributed by atoms with Crippen LogP contribution in [0.5, 0.6) is 0 Å². The highest BCUT2D eigenvalue weighted by Crippen LogP contribution is 2.25. The number of furan rings is 1. The van der Waals surface area contributed by atoms with E-state index >= 15 is 0 Å².